The normalized spacial score (nSPS) is 11.4. The minimum atomic E-state index is -0.587. The van der Waals surface area contributed by atoms with E-state index in [1.807, 2.05) is 47.5 Å². The number of hydrogen-bond donors (Lipinski definition) is 2. The van der Waals surface area contributed by atoms with E-state index >= 15 is 0 Å². The van der Waals surface area contributed by atoms with E-state index in [0.29, 0.717) is 21.5 Å². The van der Waals surface area contributed by atoms with E-state index in [4.69, 9.17) is 31.9 Å². The van der Waals surface area contributed by atoms with Gasteiger partial charge in [-0.3, -0.25) is 0 Å². The van der Waals surface area contributed by atoms with Crippen molar-refractivity contribution < 1.29 is 9.59 Å². The van der Waals surface area contributed by atoms with Gasteiger partial charge in [0.25, 0.3) is 0 Å². The van der Waals surface area contributed by atoms with E-state index < -0.39 is 11.8 Å². The number of aryl methyl sites for hydroxylation is 1. The van der Waals surface area contributed by atoms with Crippen molar-refractivity contribution in [2.24, 2.45) is 14.1 Å². The summed E-state index contributed by atoms with van der Waals surface area (Å²) in [6.45, 7) is 0.547. The summed E-state index contributed by atoms with van der Waals surface area (Å²) in [5.74, 6) is -1.09. The van der Waals surface area contributed by atoms with Gasteiger partial charge in [0.05, 0.1) is 0 Å². The molecule has 3 rings (SSSR count). The molecule has 1 aromatic carbocycles. The van der Waals surface area contributed by atoms with Gasteiger partial charge in [0.2, 0.25) is 0 Å². The Hall–Kier alpha value is -3.18. The summed E-state index contributed by atoms with van der Waals surface area (Å²) in [7, 11) is 10.4. The van der Waals surface area contributed by atoms with Gasteiger partial charge in [-0.1, -0.05) is 12.2 Å². The topological polar surface area (TPSA) is 85.9 Å². The molecular weight excluding hydrogens is 431 g/mol. The van der Waals surface area contributed by atoms with Crippen molar-refractivity contribution in [2.75, 3.05) is 7.05 Å². The van der Waals surface area contributed by atoms with Gasteiger partial charge < -0.3 is 9.13 Å². The Morgan fingerprint density at radius 3 is 2.42 bits per heavy atom. The second kappa shape index (κ2) is 9.31. The molecule has 2 N–H and O–H groups in total. The van der Waals surface area contributed by atoms with Gasteiger partial charge in [-0.15, -0.1) is 0 Å². The van der Waals surface area contributed by atoms with Crippen LogP contribution in [0.15, 0.2) is 36.2 Å². The van der Waals surface area contributed by atoms with Crippen molar-refractivity contribution in [3.63, 3.8) is 0 Å². The van der Waals surface area contributed by atoms with Gasteiger partial charge in [-0.2, -0.15) is 0 Å². The van der Waals surface area contributed by atoms with Crippen molar-refractivity contribution in [1.82, 2.24) is 29.3 Å². The molecule has 2 amide bonds. The number of nitrogens with zero attached hydrogens (tertiary/aromatic N) is 4. The van der Waals surface area contributed by atoms with Crippen molar-refractivity contribution >= 4 is 67.1 Å². The number of carbonyl (C=O) groups excluding carboxylic acids is 2. The predicted molar refractivity (Wildman–Crippen MR) is 127 cm³/mol. The number of amides is 2. The fourth-order valence-electron chi connectivity index (χ4n) is 3.12. The van der Waals surface area contributed by atoms with Crippen LogP contribution in [0.1, 0.15) is 11.1 Å². The summed E-state index contributed by atoms with van der Waals surface area (Å²) in [6, 6.07) is 7.48. The Balaban J connectivity index is 1.93. The first kappa shape index (κ1) is 22.5. The quantitative estimate of drug-likeness (QED) is 0.195. The molecule has 0 aliphatic carbocycles. The zero-order valence-electron chi connectivity index (χ0n) is 17.2. The van der Waals surface area contributed by atoms with Crippen LogP contribution in [0.5, 0.6) is 0 Å². The molecule has 31 heavy (non-hydrogen) atoms. The van der Waals surface area contributed by atoms with Crippen LogP contribution >= 0.6 is 24.4 Å². The van der Waals surface area contributed by atoms with Crippen LogP contribution in [0.3, 0.4) is 0 Å². The third-order valence-corrected chi connectivity index (χ3v) is 5.81. The molecule has 0 spiro atoms. The van der Waals surface area contributed by atoms with Gasteiger partial charge in [-0.05, 0) is 12.2 Å². The number of carbonyl (C=O) groups is 2. The van der Waals surface area contributed by atoms with Crippen LogP contribution in [-0.4, -0.2) is 51.1 Å². The molecule has 11 heteroatoms. The molecule has 0 aliphatic rings. The predicted octanol–water partition coefficient (Wildman–Crippen LogP) is 1.39. The van der Waals surface area contributed by atoms with E-state index in [-0.39, 0.29) is 5.57 Å². The Bertz CT molecular complexity index is 1330. The number of likely N-dealkylation sites (N-methyl/N-ethyl adjacent to an activating group) is 1. The third-order valence-electron chi connectivity index (χ3n) is 4.79. The van der Waals surface area contributed by atoms with Crippen LogP contribution in [-0.2, 0) is 30.2 Å². The third kappa shape index (κ3) is 4.47. The average molecular weight is 451 g/mol. The van der Waals surface area contributed by atoms with Gasteiger partial charge in [0, 0.05) is 14.1 Å². The summed E-state index contributed by atoms with van der Waals surface area (Å²) >= 11 is 11.0. The standard InChI is InChI=1S/C20H20BN6O2S2/c1-22-17(28)14(18(29)23-10-21)8-12-4-6-13(7-5-12)9-27-11-24-16-15(27)19(30)26(3)20(31)25(16)2/h4-8,10-11H,9H2,1-3H3,(H,22,28)(H,23,29)/b14-8+. The molecule has 0 bridgehead atoms. The maximum atomic E-state index is 12.1. The van der Waals surface area contributed by atoms with Crippen molar-refractivity contribution in [3.8, 4) is 0 Å². The molecule has 8 nitrogen and oxygen atoms in total. The first-order valence-corrected chi connectivity index (χ1v) is 10.1. The monoisotopic (exact) mass is 451 g/mol. The Kier molecular flexibility index (Phi) is 6.76. The van der Waals surface area contributed by atoms with Gasteiger partial charge in [-0.25, -0.2) is 4.98 Å². The first-order valence-electron chi connectivity index (χ1n) is 9.26. The summed E-state index contributed by atoms with van der Waals surface area (Å²) in [5, 5.41) is 4.76. The Labute approximate surface area is 190 Å². The molecule has 0 atom stereocenters. The SMILES string of the molecule is [B]=CNC(=O)/C(=C/c1ccc(Cn2cnc3c2c(=S)n(C)c(=S)n3C)cc1)C(=O)NC. The van der Waals surface area contributed by atoms with Crippen molar-refractivity contribution in [3.05, 3.63) is 56.7 Å². The fraction of sp³-hybridized carbons (Fsp3) is 0.200. The average Bonchev–Trinajstić information content (AvgIpc) is 3.19. The first-order chi connectivity index (χ1) is 14.8. The van der Waals surface area contributed by atoms with Gasteiger partial charge in [0.15, 0.2) is 10.4 Å². The van der Waals surface area contributed by atoms with E-state index in [9.17, 15) is 9.59 Å². The number of rotatable bonds is 6. The van der Waals surface area contributed by atoms with Crippen LogP contribution in [0, 0.1) is 9.41 Å². The van der Waals surface area contributed by atoms with E-state index in [0.717, 1.165) is 22.8 Å². The molecule has 0 saturated heterocycles. The number of imidazole rings is 1. The summed E-state index contributed by atoms with van der Waals surface area (Å²) in [6.07, 6.45) is 4.22. The zero-order valence-corrected chi connectivity index (χ0v) is 18.9. The zero-order chi connectivity index (χ0) is 22.7. The van der Waals surface area contributed by atoms with Crippen LogP contribution in [0.4, 0.5) is 0 Å². The summed E-state index contributed by atoms with van der Waals surface area (Å²) < 4.78 is 6.80. The molecule has 157 valence electrons. The molecule has 3 aromatic rings. The van der Waals surface area contributed by atoms with Crippen molar-refractivity contribution in [2.45, 2.75) is 6.54 Å². The van der Waals surface area contributed by atoms with Gasteiger partial charge >= 0.3 is 123 Å². The van der Waals surface area contributed by atoms with E-state index in [2.05, 4.69) is 15.6 Å². The number of hydrogen-bond acceptors (Lipinski definition) is 5. The molecule has 1 radical (unpaired) electrons. The summed E-state index contributed by atoms with van der Waals surface area (Å²) in [4.78, 5) is 28.6. The molecule has 0 saturated carbocycles. The molecule has 2 aromatic heterocycles. The molecule has 2 heterocycles. The van der Waals surface area contributed by atoms with Crippen LogP contribution in [0.2, 0.25) is 0 Å². The minimum absolute atomic E-state index is 0.0481. The second-order valence-corrected chi connectivity index (χ2v) is 7.52. The van der Waals surface area contributed by atoms with E-state index in [1.54, 1.807) is 10.9 Å². The number of benzene rings is 1. The van der Waals surface area contributed by atoms with Crippen LogP contribution in [0.25, 0.3) is 17.2 Å². The molecule has 0 aliphatic heterocycles. The maximum absolute atomic E-state index is 12.1. The Morgan fingerprint density at radius 2 is 1.81 bits per heavy atom. The van der Waals surface area contributed by atoms with E-state index in [1.165, 1.54) is 13.1 Å². The number of fused-ring (bicyclic) bond motifs is 1. The van der Waals surface area contributed by atoms with Gasteiger partial charge in [0.1, 0.15) is 4.64 Å². The Morgan fingerprint density at radius 1 is 1.13 bits per heavy atom. The molecule has 0 unspecified atom stereocenters. The van der Waals surface area contributed by atoms with Crippen molar-refractivity contribution in [1.29, 1.82) is 0 Å². The van der Waals surface area contributed by atoms with Crippen LogP contribution < -0.4 is 10.6 Å². The molecule has 0 fully saturated rings. The number of nitrogens with one attached hydrogen (secondary N) is 2. The second-order valence-electron chi connectivity index (χ2n) is 6.77. The fourth-order valence-corrected chi connectivity index (χ4v) is 3.65. The number of aromatic nitrogens is 4. The summed E-state index contributed by atoms with van der Waals surface area (Å²) in [5.41, 5.74) is 3.20. The molecular formula is C20H20BN6O2S2.